The summed E-state index contributed by atoms with van der Waals surface area (Å²) < 4.78 is 5.33. The molecule has 4 nitrogen and oxygen atoms in total. The first-order valence-electron chi connectivity index (χ1n) is 7.17. The average Bonchev–Trinajstić information content (AvgIpc) is 2.51. The lowest BCUT2D eigenvalue weighted by molar-refractivity contribution is 0.0350. The summed E-state index contributed by atoms with van der Waals surface area (Å²) in [7, 11) is 1.72. The number of likely N-dealkylation sites (tertiary alicyclic amines) is 1. The smallest absolute Gasteiger partial charge is 0.253 e. The lowest BCUT2D eigenvalue weighted by atomic mass is 10.0. The Morgan fingerprint density at radius 1 is 1.38 bits per heavy atom. The van der Waals surface area contributed by atoms with Crippen LogP contribution in [0.4, 0.5) is 0 Å². The van der Waals surface area contributed by atoms with Gasteiger partial charge in [-0.25, -0.2) is 0 Å². The summed E-state index contributed by atoms with van der Waals surface area (Å²) in [5, 5.41) is 8.77. The number of piperidine rings is 1. The van der Waals surface area contributed by atoms with Crippen molar-refractivity contribution in [3.63, 3.8) is 0 Å². The standard InChI is InChI=1S/C17H21NO3/c1-13-10-14(4-3-9-19)12-15(11-13)17(20)18-7-5-16(21-2)6-8-18/h10-12,16,19H,5-9H2,1-2H3. The Kier molecular flexibility index (Phi) is 5.38. The summed E-state index contributed by atoms with van der Waals surface area (Å²) in [5.41, 5.74) is 2.42. The minimum absolute atomic E-state index is 0.0419. The molecule has 1 aliphatic rings. The number of rotatable bonds is 2. The van der Waals surface area contributed by atoms with E-state index in [0.717, 1.165) is 37.1 Å². The maximum absolute atomic E-state index is 12.6. The summed E-state index contributed by atoms with van der Waals surface area (Å²) in [4.78, 5) is 14.4. The van der Waals surface area contributed by atoms with Crippen LogP contribution in [0.3, 0.4) is 0 Å². The van der Waals surface area contributed by atoms with Crippen molar-refractivity contribution in [3.05, 3.63) is 34.9 Å². The Morgan fingerprint density at radius 3 is 2.71 bits per heavy atom. The molecule has 2 rings (SSSR count). The third-order valence-corrected chi connectivity index (χ3v) is 3.70. The monoisotopic (exact) mass is 287 g/mol. The van der Waals surface area contributed by atoms with E-state index in [0.29, 0.717) is 5.56 Å². The summed E-state index contributed by atoms with van der Waals surface area (Å²) >= 11 is 0. The highest BCUT2D eigenvalue weighted by Gasteiger charge is 2.23. The molecule has 1 aliphatic heterocycles. The first kappa shape index (κ1) is 15.6. The molecule has 0 aliphatic carbocycles. The molecule has 4 heteroatoms. The highest BCUT2D eigenvalue weighted by atomic mass is 16.5. The zero-order valence-electron chi connectivity index (χ0n) is 12.6. The van der Waals surface area contributed by atoms with E-state index >= 15 is 0 Å². The van der Waals surface area contributed by atoms with Crippen molar-refractivity contribution < 1.29 is 14.6 Å². The number of aliphatic hydroxyl groups excluding tert-OH is 1. The van der Waals surface area contributed by atoms with Gasteiger partial charge in [-0.05, 0) is 43.5 Å². The van der Waals surface area contributed by atoms with E-state index in [1.54, 1.807) is 13.2 Å². The van der Waals surface area contributed by atoms with Crippen molar-refractivity contribution in [2.24, 2.45) is 0 Å². The highest BCUT2D eigenvalue weighted by molar-refractivity contribution is 5.94. The number of nitrogens with zero attached hydrogens (tertiary/aromatic N) is 1. The second-order valence-electron chi connectivity index (χ2n) is 5.27. The molecule has 0 atom stereocenters. The number of amides is 1. The maximum atomic E-state index is 12.6. The predicted molar refractivity (Wildman–Crippen MR) is 81.1 cm³/mol. The predicted octanol–water partition coefficient (Wildman–Crippen LogP) is 1.59. The minimum Gasteiger partial charge on any atom is -0.384 e. The Labute approximate surface area is 125 Å². The number of hydrogen-bond donors (Lipinski definition) is 1. The lowest BCUT2D eigenvalue weighted by Gasteiger charge is -2.31. The quantitative estimate of drug-likeness (QED) is 0.840. The molecule has 21 heavy (non-hydrogen) atoms. The first-order chi connectivity index (χ1) is 10.1. The maximum Gasteiger partial charge on any atom is 0.253 e. The van der Waals surface area contributed by atoms with E-state index in [4.69, 9.17) is 9.84 Å². The second kappa shape index (κ2) is 7.26. The molecule has 0 saturated carbocycles. The van der Waals surface area contributed by atoms with Crippen molar-refractivity contribution in [1.82, 2.24) is 4.90 Å². The van der Waals surface area contributed by atoms with E-state index in [-0.39, 0.29) is 18.6 Å². The van der Waals surface area contributed by atoms with Gasteiger partial charge in [-0.3, -0.25) is 4.79 Å². The molecule has 0 unspecified atom stereocenters. The molecule has 0 bridgehead atoms. The molecule has 1 heterocycles. The van der Waals surface area contributed by atoms with Crippen LogP contribution in [-0.2, 0) is 4.74 Å². The molecule has 1 fully saturated rings. The summed E-state index contributed by atoms with van der Waals surface area (Å²) in [6, 6.07) is 5.59. The Hall–Kier alpha value is -1.83. The van der Waals surface area contributed by atoms with Crippen LogP contribution in [0, 0.1) is 18.8 Å². The fourth-order valence-corrected chi connectivity index (χ4v) is 2.60. The Bertz CT molecular complexity index is 563. The van der Waals surface area contributed by atoms with Crippen LogP contribution in [-0.4, -0.2) is 48.8 Å². The number of benzene rings is 1. The van der Waals surface area contributed by atoms with Crippen LogP contribution in [0.15, 0.2) is 18.2 Å². The number of carbonyl (C=O) groups is 1. The number of aryl methyl sites for hydroxylation is 1. The Balaban J connectivity index is 2.14. The molecular weight excluding hydrogens is 266 g/mol. The molecular formula is C17H21NO3. The third kappa shape index (κ3) is 4.07. The summed E-state index contributed by atoms with van der Waals surface area (Å²) in [6.45, 7) is 3.21. The number of ether oxygens (including phenoxy) is 1. The van der Waals surface area contributed by atoms with E-state index < -0.39 is 0 Å². The highest BCUT2D eigenvalue weighted by Crippen LogP contribution is 2.17. The minimum atomic E-state index is -0.179. The van der Waals surface area contributed by atoms with Gasteiger partial charge in [-0.2, -0.15) is 0 Å². The number of methoxy groups -OCH3 is 1. The van der Waals surface area contributed by atoms with Gasteiger partial charge in [0.15, 0.2) is 0 Å². The van der Waals surface area contributed by atoms with Gasteiger partial charge in [0, 0.05) is 31.3 Å². The van der Waals surface area contributed by atoms with Crippen molar-refractivity contribution in [3.8, 4) is 11.8 Å². The largest absolute Gasteiger partial charge is 0.384 e. The van der Waals surface area contributed by atoms with E-state index in [9.17, 15) is 4.79 Å². The van der Waals surface area contributed by atoms with Crippen LogP contribution in [0.2, 0.25) is 0 Å². The average molecular weight is 287 g/mol. The zero-order valence-corrected chi connectivity index (χ0v) is 12.6. The number of hydrogen-bond acceptors (Lipinski definition) is 3. The van der Waals surface area contributed by atoms with Crippen molar-refractivity contribution >= 4 is 5.91 Å². The SMILES string of the molecule is COC1CCN(C(=O)c2cc(C)cc(C#CCO)c2)CC1. The van der Waals surface area contributed by atoms with Gasteiger partial charge in [0.25, 0.3) is 5.91 Å². The molecule has 1 aromatic carbocycles. The van der Waals surface area contributed by atoms with Crippen molar-refractivity contribution in [2.75, 3.05) is 26.8 Å². The molecule has 1 amide bonds. The molecule has 0 spiro atoms. The second-order valence-corrected chi connectivity index (χ2v) is 5.27. The van der Waals surface area contributed by atoms with E-state index in [2.05, 4.69) is 11.8 Å². The van der Waals surface area contributed by atoms with Crippen LogP contribution >= 0.6 is 0 Å². The van der Waals surface area contributed by atoms with Gasteiger partial charge >= 0.3 is 0 Å². The molecule has 0 aromatic heterocycles. The van der Waals surface area contributed by atoms with E-state index in [1.165, 1.54) is 0 Å². The topological polar surface area (TPSA) is 49.8 Å². The normalized spacial score (nSPS) is 15.5. The fraction of sp³-hybridized carbons (Fsp3) is 0.471. The fourth-order valence-electron chi connectivity index (χ4n) is 2.60. The molecule has 0 radical (unpaired) electrons. The van der Waals surface area contributed by atoms with Crippen LogP contribution < -0.4 is 0 Å². The van der Waals surface area contributed by atoms with Gasteiger partial charge in [0.05, 0.1) is 6.10 Å². The van der Waals surface area contributed by atoms with E-state index in [1.807, 2.05) is 24.0 Å². The molecule has 1 N–H and O–H groups in total. The van der Waals surface area contributed by atoms with Gasteiger partial charge in [-0.15, -0.1) is 0 Å². The number of aliphatic hydroxyl groups is 1. The van der Waals surface area contributed by atoms with Gasteiger partial charge in [-0.1, -0.05) is 11.8 Å². The van der Waals surface area contributed by atoms with Crippen LogP contribution in [0.25, 0.3) is 0 Å². The molecule has 112 valence electrons. The first-order valence-corrected chi connectivity index (χ1v) is 7.17. The zero-order chi connectivity index (χ0) is 15.2. The Morgan fingerprint density at radius 2 is 2.10 bits per heavy atom. The summed E-state index contributed by atoms with van der Waals surface area (Å²) in [5.74, 6) is 5.52. The van der Waals surface area contributed by atoms with Gasteiger partial charge < -0.3 is 14.7 Å². The van der Waals surface area contributed by atoms with Crippen LogP contribution in [0.5, 0.6) is 0 Å². The van der Waals surface area contributed by atoms with Gasteiger partial charge in [0.1, 0.15) is 6.61 Å². The third-order valence-electron chi connectivity index (χ3n) is 3.70. The van der Waals surface area contributed by atoms with Crippen molar-refractivity contribution in [1.29, 1.82) is 0 Å². The number of carbonyl (C=O) groups excluding carboxylic acids is 1. The lowest BCUT2D eigenvalue weighted by Crippen LogP contribution is -2.40. The van der Waals surface area contributed by atoms with Gasteiger partial charge in [0.2, 0.25) is 0 Å². The summed E-state index contributed by atoms with van der Waals surface area (Å²) in [6.07, 6.45) is 2.02. The van der Waals surface area contributed by atoms with Crippen LogP contribution in [0.1, 0.15) is 34.3 Å². The molecule has 1 saturated heterocycles. The van der Waals surface area contributed by atoms with Crippen molar-refractivity contribution in [2.45, 2.75) is 25.9 Å². The molecule has 1 aromatic rings.